The summed E-state index contributed by atoms with van der Waals surface area (Å²) in [6.45, 7) is 5.27. The minimum atomic E-state index is -0.205. The van der Waals surface area contributed by atoms with E-state index in [0.29, 0.717) is 13.2 Å². The van der Waals surface area contributed by atoms with E-state index in [-0.39, 0.29) is 5.82 Å². The van der Waals surface area contributed by atoms with Gasteiger partial charge in [-0.2, -0.15) is 0 Å². The Labute approximate surface area is 90.4 Å². The molecule has 0 aliphatic heterocycles. The summed E-state index contributed by atoms with van der Waals surface area (Å²) in [7, 11) is 0. The summed E-state index contributed by atoms with van der Waals surface area (Å²) in [5.74, 6) is -0.205. The second-order valence-electron chi connectivity index (χ2n) is 3.43. The van der Waals surface area contributed by atoms with Crippen LogP contribution < -0.4 is 5.32 Å². The molecule has 1 aromatic rings. The van der Waals surface area contributed by atoms with Gasteiger partial charge in [0.25, 0.3) is 0 Å². The fraction of sp³-hybridized carbons (Fsp3) is 0.500. The molecule has 0 unspecified atom stereocenters. The third kappa shape index (κ3) is 5.50. The fourth-order valence-corrected chi connectivity index (χ4v) is 1.22. The first kappa shape index (κ1) is 12.1. The Bertz CT molecular complexity index is 261. The predicted octanol–water partition coefficient (Wildman–Crippen LogP) is 2.34. The number of benzene rings is 1. The summed E-state index contributed by atoms with van der Waals surface area (Å²) in [4.78, 5) is 0. The van der Waals surface area contributed by atoms with Gasteiger partial charge in [0.15, 0.2) is 0 Å². The average Bonchev–Trinajstić information content (AvgIpc) is 2.26. The van der Waals surface area contributed by atoms with Gasteiger partial charge in [0.05, 0.1) is 13.2 Å². The Morgan fingerprint density at radius 2 is 1.93 bits per heavy atom. The van der Waals surface area contributed by atoms with Crippen LogP contribution in [-0.2, 0) is 11.3 Å². The minimum absolute atomic E-state index is 0.205. The van der Waals surface area contributed by atoms with Crippen molar-refractivity contribution in [2.75, 3.05) is 19.7 Å². The van der Waals surface area contributed by atoms with Crippen LogP contribution in [0, 0.1) is 5.82 Å². The minimum Gasteiger partial charge on any atom is -0.375 e. The highest BCUT2D eigenvalue weighted by Gasteiger charge is 1.93. The van der Waals surface area contributed by atoms with E-state index in [1.807, 2.05) is 0 Å². The molecule has 0 amide bonds. The summed E-state index contributed by atoms with van der Waals surface area (Å²) < 4.78 is 18.0. The van der Waals surface area contributed by atoms with Crippen LogP contribution >= 0.6 is 0 Å². The molecule has 0 radical (unpaired) electrons. The van der Waals surface area contributed by atoms with Gasteiger partial charge in [-0.15, -0.1) is 0 Å². The largest absolute Gasteiger partial charge is 0.375 e. The Kier molecular flexibility index (Phi) is 5.97. The molecule has 0 saturated heterocycles. The zero-order valence-corrected chi connectivity index (χ0v) is 9.13. The van der Waals surface area contributed by atoms with Crippen molar-refractivity contribution >= 4 is 0 Å². The van der Waals surface area contributed by atoms with E-state index in [4.69, 9.17) is 4.74 Å². The van der Waals surface area contributed by atoms with Gasteiger partial charge in [-0.05, 0) is 30.7 Å². The molecule has 0 heterocycles. The molecule has 2 nitrogen and oxygen atoms in total. The average molecular weight is 211 g/mol. The van der Waals surface area contributed by atoms with Crippen LogP contribution in [0.4, 0.5) is 4.39 Å². The van der Waals surface area contributed by atoms with E-state index in [1.54, 1.807) is 12.1 Å². The first-order valence-electron chi connectivity index (χ1n) is 5.36. The molecule has 1 rings (SSSR count). The van der Waals surface area contributed by atoms with E-state index < -0.39 is 0 Å². The maximum Gasteiger partial charge on any atom is 0.123 e. The molecule has 84 valence electrons. The van der Waals surface area contributed by atoms with Gasteiger partial charge in [-0.25, -0.2) is 4.39 Å². The summed E-state index contributed by atoms with van der Waals surface area (Å²) in [6, 6.07) is 6.39. The number of rotatable bonds is 7. The second-order valence-corrected chi connectivity index (χ2v) is 3.43. The molecule has 0 saturated carbocycles. The lowest BCUT2D eigenvalue weighted by molar-refractivity contribution is 0.123. The van der Waals surface area contributed by atoms with Gasteiger partial charge in [0.1, 0.15) is 5.82 Å². The summed E-state index contributed by atoms with van der Waals surface area (Å²) in [5.41, 5.74) is 1.01. The van der Waals surface area contributed by atoms with Crippen LogP contribution in [0.25, 0.3) is 0 Å². The topological polar surface area (TPSA) is 21.3 Å². The van der Waals surface area contributed by atoms with Gasteiger partial charge < -0.3 is 10.1 Å². The summed E-state index contributed by atoms with van der Waals surface area (Å²) >= 11 is 0. The van der Waals surface area contributed by atoms with Crippen molar-refractivity contribution in [2.45, 2.75) is 20.0 Å². The molecule has 0 aliphatic carbocycles. The van der Waals surface area contributed by atoms with Crippen molar-refractivity contribution in [3.05, 3.63) is 35.6 Å². The van der Waals surface area contributed by atoms with Gasteiger partial charge in [-0.1, -0.05) is 19.1 Å². The van der Waals surface area contributed by atoms with Crippen LogP contribution in [0.1, 0.15) is 18.9 Å². The van der Waals surface area contributed by atoms with Crippen molar-refractivity contribution in [2.24, 2.45) is 0 Å². The molecule has 15 heavy (non-hydrogen) atoms. The quantitative estimate of drug-likeness (QED) is 0.699. The number of hydrogen-bond acceptors (Lipinski definition) is 2. The molecule has 0 aliphatic rings. The summed E-state index contributed by atoms with van der Waals surface area (Å²) in [6.07, 6.45) is 1.14. The molecule has 3 heteroatoms. The molecule has 1 N–H and O–H groups in total. The molecule has 0 aromatic heterocycles. The van der Waals surface area contributed by atoms with E-state index in [2.05, 4.69) is 12.2 Å². The number of hydrogen-bond donors (Lipinski definition) is 1. The Morgan fingerprint density at radius 1 is 1.20 bits per heavy atom. The van der Waals surface area contributed by atoms with Crippen molar-refractivity contribution in [1.29, 1.82) is 0 Å². The van der Waals surface area contributed by atoms with Gasteiger partial charge in [0.2, 0.25) is 0 Å². The number of ether oxygens (including phenoxy) is 1. The van der Waals surface area contributed by atoms with Gasteiger partial charge in [0, 0.05) is 6.54 Å². The molecule has 0 atom stereocenters. The number of halogens is 1. The predicted molar refractivity (Wildman–Crippen MR) is 59.2 cm³/mol. The zero-order chi connectivity index (χ0) is 10.9. The Balaban J connectivity index is 2.07. The second kappa shape index (κ2) is 7.37. The normalized spacial score (nSPS) is 10.5. The van der Waals surface area contributed by atoms with E-state index in [1.165, 1.54) is 12.1 Å². The Hall–Kier alpha value is -0.930. The van der Waals surface area contributed by atoms with Crippen LogP contribution in [-0.4, -0.2) is 19.7 Å². The zero-order valence-electron chi connectivity index (χ0n) is 9.13. The molecular weight excluding hydrogens is 193 g/mol. The van der Waals surface area contributed by atoms with Crippen molar-refractivity contribution in [3.8, 4) is 0 Å². The molecule has 0 fully saturated rings. The fourth-order valence-electron chi connectivity index (χ4n) is 1.22. The van der Waals surface area contributed by atoms with Crippen molar-refractivity contribution in [1.82, 2.24) is 5.32 Å². The highest BCUT2D eigenvalue weighted by atomic mass is 19.1. The van der Waals surface area contributed by atoms with Crippen molar-refractivity contribution < 1.29 is 9.13 Å². The van der Waals surface area contributed by atoms with Gasteiger partial charge in [-0.3, -0.25) is 0 Å². The molecule has 0 bridgehead atoms. The maximum absolute atomic E-state index is 12.6. The molecular formula is C12H18FNO. The van der Waals surface area contributed by atoms with E-state index in [9.17, 15) is 4.39 Å². The lowest BCUT2D eigenvalue weighted by atomic mass is 10.2. The van der Waals surface area contributed by atoms with Crippen LogP contribution in [0.15, 0.2) is 24.3 Å². The van der Waals surface area contributed by atoms with Crippen LogP contribution in [0.5, 0.6) is 0 Å². The third-order valence-electron chi connectivity index (χ3n) is 2.03. The SMILES string of the molecule is CCCNCCOCc1ccc(F)cc1. The highest BCUT2D eigenvalue weighted by molar-refractivity contribution is 5.14. The highest BCUT2D eigenvalue weighted by Crippen LogP contribution is 2.03. The van der Waals surface area contributed by atoms with Crippen LogP contribution in [0.2, 0.25) is 0 Å². The number of nitrogens with one attached hydrogen (secondary N) is 1. The first-order valence-corrected chi connectivity index (χ1v) is 5.36. The molecule has 1 aromatic carbocycles. The van der Waals surface area contributed by atoms with Gasteiger partial charge >= 0.3 is 0 Å². The molecule has 0 spiro atoms. The maximum atomic E-state index is 12.6. The van der Waals surface area contributed by atoms with E-state index >= 15 is 0 Å². The summed E-state index contributed by atoms with van der Waals surface area (Å²) in [5, 5.41) is 3.25. The van der Waals surface area contributed by atoms with E-state index in [0.717, 1.165) is 25.1 Å². The monoisotopic (exact) mass is 211 g/mol. The lowest BCUT2D eigenvalue weighted by Crippen LogP contribution is -2.20. The first-order chi connectivity index (χ1) is 7.33. The van der Waals surface area contributed by atoms with Crippen LogP contribution in [0.3, 0.4) is 0 Å². The Morgan fingerprint density at radius 3 is 2.60 bits per heavy atom. The lowest BCUT2D eigenvalue weighted by Gasteiger charge is -2.05. The third-order valence-corrected chi connectivity index (χ3v) is 2.03. The van der Waals surface area contributed by atoms with Crippen molar-refractivity contribution in [3.63, 3.8) is 0 Å². The smallest absolute Gasteiger partial charge is 0.123 e. The standard InChI is InChI=1S/C12H18FNO/c1-2-7-14-8-9-15-10-11-3-5-12(13)6-4-11/h3-6,14H,2,7-10H2,1H3.